The minimum absolute atomic E-state index is 0.0867. The van der Waals surface area contributed by atoms with Gasteiger partial charge in [0.05, 0.1) is 34.8 Å². The van der Waals surface area contributed by atoms with Gasteiger partial charge in [0.15, 0.2) is 5.69 Å². The molecular weight excluding hydrogens is 418 g/mol. The first-order chi connectivity index (χ1) is 14.9. The van der Waals surface area contributed by atoms with Gasteiger partial charge in [0.2, 0.25) is 0 Å². The first-order valence-corrected chi connectivity index (χ1v) is 10.7. The van der Waals surface area contributed by atoms with Crippen LogP contribution in [0.2, 0.25) is 5.02 Å². The Morgan fingerprint density at radius 3 is 2.90 bits per heavy atom. The quantitative estimate of drug-likeness (QED) is 0.660. The van der Waals surface area contributed by atoms with Crippen molar-refractivity contribution in [3.8, 4) is 0 Å². The summed E-state index contributed by atoms with van der Waals surface area (Å²) in [5.74, 6) is -0.223. The number of aromatic amines is 1. The number of H-pyrrole nitrogens is 1. The number of rotatable bonds is 5. The summed E-state index contributed by atoms with van der Waals surface area (Å²) in [6.07, 6.45) is 6.12. The number of halogens is 1. The van der Waals surface area contributed by atoms with Gasteiger partial charge >= 0.3 is 0 Å². The molecule has 0 unspecified atom stereocenters. The van der Waals surface area contributed by atoms with Crippen LogP contribution in [0.4, 0.5) is 0 Å². The van der Waals surface area contributed by atoms with Crippen LogP contribution < -0.4 is 0 Å². The summed E-state index contributed by atoms with van der Waals surface area (Å²) in [5.41, 5.74) is 3.23. The van der Waals surface area contributed by atoms with Crippen LogP contribution in [0, 0.1) is 0 Å². The molecule has 0 radical (unpaired) electrons. The average Bonchev–Trinajstić information content (AvgIpc) is 3.23. The van der Waals surface area contributed by atoms with Crippen molar-refractivity contribution in [2.75, 3.05) is 27.3 Å². The summed E-state index contributed by atoms with van der Waals surface area (Å²) < 4.78 is 7.16. The highest BCUT2D eigenvalue weighted by atomic mass is 35.5. The van der Waals surface area contributed by atoms with Crippen LogP contribution in [-0.2, 0) is 17.7 Å². The maximum atomic E-state index is 13.2. The Hall–Kier alpha value is -2.84. The van der Waals surface area contributed by atoms with Gasteiger partial charge in [0.1, 0.15) is 0 Å². The molecule has 5 rings (SSSR count). The van der Waals surface area contributed by atoms with Crippen molar-refractivity contribution in [1.29, 1.82) is 0 Å². The van der Waals surface area contributed by atoms with Crippen LogP contribution in [0.15, 0.2) is 30.6 Å². The van der Waals surface area contributed by atoms with Crippen molar-refractivity contribution in [3.05, 3.63) is 58.1 Å². The van der Waals surface area contributed by atoms with Crippen LogP contribution in [0.1, 0.15) is 44.9 Å². The lowest BCUT2D eigenvalue weighted by Gasteiger charge is -2.29. The monoisotopic (exact) mass is 441 g/mol. The smallest absolute Gasteiger partial charge is 0.274 e. The zero-order valence-corrected chi connectivity index (χ0v) is 18.3. The first-order valence-electron chi connectivity index (χ1n) is 10.3. The third-order valence-electron chi connectivity index (χ3n) is 6.51. The summed E-state index contributed by atoms with van der Waals surface area (Å²) in [6, 6.07) is 5.44. The molecule has 8 nitrogen and oxygen atoms in total. The number of nitrogens with one attached hydrogen (secondary N) is 1. The Balaban J connectivity index is 1.39. The molecule has 3 aromatic rings. The van der Waals surface area contributed by atoms with Gasteiger partial charge in [-0.15, -0.1) is 0 Å². The number of likely N-dealkylation sites (N-methyl/N-ethyl adjacent to an activating group) is 1. The minimum atomic E-state index is -0.242. The van der Waals surface area contributed by atoms with Crippen LogP contribution in [0.5, 0.6) is 0 Å². The van der Waals surface area contributed by atoms with Crippen molar-refractivity contribution in [2.24, 2.45) is 0 Å². The van der Waals surface area contributed by atoms with Crippen LogP contribution in [0.25, 0.3) is 5.52 Å². The van der Waals surface area contributed by atoms with E-state index in [4.69, 9.17) is 16.3 Å². The van der Waals surface area contributed by atoms with E-state index in [2.05, 4.69) is 10.2 Å². The standard InChI is InChI=1S/C22H24ClN5O3/c1-26(22(6-7-22)13-31-2)21(30)19-15-12-28(9-5-17(15)24-25-19)20(29)14-10-18-16(23)4-3-8-27(18)11-14/h3-4,8,10-11H,5-7,9,12-13H2,1-2H3,(H,24,25). The predicted molar refractivity (Wildman–Crippen MR) is 115 cm³/mol. The van der Waals surface area contributed by atoms with Gasteiger partial charge in [-0.1, -0.05) is 11.6 Å². The zero-order valence-electron chi connectivity index (χ0n) is 17.5. The van der Waals surface area contributed by atoms with Gasteiger partial charge < -0.3 is 18.9 Å². The number of hydrogen-bond donors (Lipinski definition) is 1. The summed E-state index contributed by atoms with van der Waals surface area (Å²) in [5, 5.41) is 7.92. The van der Waals surface area contributed by atoms with Gasteiger partial charge in [-0.25, -0.2) is 0 Å². The molecule has 4 heterocycles. The lowest BCUT2D eigenvalue weighted by molar-refractivity contribution is 0.0541. The molecule has 2 amide bonds. The number of pyridine rings is 1. The van der Waals surface area contributed by atoms with E-state index in [1.54, 1.807) is 42.3 Å². The number of carbonyl (C=O) groups is 2. The molecule has 0 atom stereocenters. The molecule has 9 heteroatoms. The van der Waals surface area contributed by atoms with E-state index >= 15 is 0 Å². The molecule has 1 saturated carbocycles. The maximum Gasteiger partial charge on any atom is 0.274 e. The van der Waals surface area contributed by atoms with Crippen LogP contribution in [0.3, 0.4) is 0 Å². The van der Waals surface area contributed by atoms with E-state index in [1.165, 1.54) is 0 Å². The molecule has 1 N–H and O–H groups in total. The molecule has 162 valence electrons. The Labute approximate surface area is 184 Å². The normalized spacial score (nSPS) is 16.9. The molecule has 1 aliphatic carbocycles. The number of amides is 2. The number of hydrogen-bond acceptors (Lipinski definition) is 4. The van der Waals surface area contributed by atoms with E-state index in [0.717, 1.165) is 29.6 Å². The van der Waals surface area contributed by atoms with Gasteiger partial charge in [0.25, 0.3) is 11.8 Å². The molecule has 0 bridgehead atoms. The third kappa shape index (κ3) is 3.30. The summed E-state index contributed by atoms with van der Waals surface area (Å²) >= 11 is 6.25. The fourth-order valence-corrected chi connectivity index (χ4v) is 4.63. The summed E-state index contributed by atoms with van der Waals surface area (Å²) in [6.45, 7) is 1.42. The predicted octanol–water partition coefficient (Wildman–Crippen LogP) is 2.77. The molecule has 0 aromatic carbocycles. The largest absolute Gasteiger partial charge is 0.382 e. The second kappa shape index (κ2) is 7.39. The SMILES string of the molecule is COCC1(N(C)C(=O)c2n[nH]c3c2CN(C(=O)c2cc4c(Cl)cccn4c2)CC3)CC1. The van der Waals surface area contributed by atoms with E-state index in [1.807, 2.05) is 16.7 Å². The van der Waals surface area contributed by atoms with E-state index < -0.39 is 0 Å². The highest BCUT2D eigenvalue weighted by molar-refractivity contribution is 6.33. The topological polar surface area (TPSA) is 82.9 Å². The Kier molecular flexibility index (Phi) is 4.79. The van der Waals surface area contributed by atoms with Crippen LogP contribution >= 0.6 is 11.6 Å². The molecule has 0 spiro atoms. The first kappa shape index (κ1) is 20.1. The van der Waals surface area contributed by atoms with Gasteiger partial charge in [-0.05, 0) is 31.0 Å². The van der Waals surface area contributed by atoms with Gasteiger partial charge in [-0.3, -0.25) is 14.7 Å². The third-order valence-corrected chi connectivity index (χ3v) is 6.83. The number of methoxy groups -OCH3 is 1. The fraction of sp³-hybridized carbons (Fsp3) is 0.409. The molecular formula is C22H24ClN5O3. The van der Waals surface area contributed by atoms with Crippen molar-refractivity contribution in [3.63, 3.8) is 0 Å². The lowest BCUT2D eigenvalue weighted by Crippen LogP contribution is -2.43. The second-order valence-corrected chi connectivity index (χ2v) is 8.81. The highest BCUT2D eigenvalue weighted by Crippen LogP contribution is 2.42. The number of fused-ring (bicyclic) bond motifs is 2. The molecule has 0 saturated heterocycles. The van der Waals surface area contributed by atoms with Crippen molar-refractivity contribution >= 4 is 28.9 Å². The minimum Gasteiger partial charge on any atom is -0.382 e. The zero-order chi connectivity index (χ0) is 21.8. The van der Waals surface area contributed by atoms with Gasteiger partial charge in [-0.2, -0.15) is 5.10 Å². The number of carbonyl (C=O) groups excluding carboxylic acids is 2. The summed E-state index contributed by atoms with van der Waals surface area (Å²) in [7, 11) is 3.45. The lowest BCUT2D eigenvalue weighted by atomic mass is 10.0. The van der Waals surface area contributed by atoms with Crippen molar-refractivity contribution in [1.82, 2.24) is 24.4 Å². The second-order valence-electron chi connectivity index (χ2n) is 8.40. The molecule has 3 aromatic heterocycles. The number of ether oxygens (including phenoxy) is 1. The number of aromatic nitrogens is 3. The Bertz CT molecular complexity index is 1180. The maximum absolute atomic E-state index is 13.2. The molecule has 1 aliphatic heterocycles. The van der Waals surface area contributed by atoms with E-state index in [9.17, 15) is 9.59 Å². The molecule has 31 heavy (non-hydrogen) atoms. The van der Waals surface area contributed by atoms with E-state index in [0.29, 0.717) is 42.4 Å². The average molecular weight is 442 g/mol. The number of nitrogens with zero attached hydrogens (tertiary/aromatic N) is 4. The molecule has 2 aliphatic rings. The van der Waals surface area contributed by atoms with Crippen molar-refractivity contribution < 1.29 is 14.3 Å². The molecule has 1 fully saturated rings. The fourth-order valence-electron chi connectivity index (χ4n) is 4.41. The summed E-state index contributed by atoms with van der Waals surface area (Å²) in [4.78, 5) is 29.9. The Morgan fingerprint density at radius 1 is 1.39 bits per heavy atom. The highest BCUT2D eigenvalue weighted by Gasteiger charge is 2.49. The Morgan fingerprint density at radius 2 is 2.19 bits per heavy atom. The van der Waals surface area contributed by atoms with E-state index in [-0.39, 0.29) is 17.4 Å². The van der Waals surface area contributed by atoms with Crippen molar-refractivity contribution in [2.45, 2.75) is 31.3 Å². The van der Waals surface area contributed by atoms with Crippen LogP contribution in [-0.4, -0.2) is 69.1 Å². The van der Waals surface area contributed by atoms with Gasteiger partial charge in [0, 0.05) is 50.8 Å².